The molecule has 104 valence electrons. The Morgan fingerprint density at radius 3 is 2.58 bits per heavy atom. The molecule has 1 saturated heterocycles. The zero-order chi connectivity index (χ0) is 13.9. The summed E-state index contributed by atoms with van der Waals surface area (Å²) in [7, 11) is -3.41. The molecule has 1 aliphatic heterocycles. The summed E-state index contributed by atoms with van der Waals surface area (Å²) in [5.41, 5.74) is 0.484. The third-order valence-electron chi connectivity index (χ3n) is 2.91. The van der Waals surface area contributed by atoms with Crippen LogP contribution in [-0.2, 0) is 15.8 Å². The first kappa shape index (κ1) is 13.9. The van der Waals surface area contributed by atoms with Crippen LogP contribution in [-0.4, -0.2) is 32.5 Å². The van der Waals surface area contributed by atoms with Crippen LogP contribution >= 0.6 is 0 Å². The average molecular weight is 285 g/mol. The molecule has 19 heavy (non-hydrogen) atoms. The van der Waals surface area contributed by atoms with Crippen LogP contribution in [0.1, 0.15) is 12.0 Å². The Morgan fingerprint density at radius 2 is 2.05 bits per heavy atom. The second kappa shape index (κ2) is 5.64. The Morgan fingerprint density at radius 1 is 1.37 bits per heavy atom. The van der Waals surface area contributed by atoms with Crippen molar-refractivity contribution in [1.29, 1.82) is 0 Å². The molecule has 0 saturated carbocycles. The molecule has 1 atom stereocenters. The first-order valence-corrected chi connectivity index (χ1v) is 7.55. The monoisotopic (exact) mass is 285 g/mol. The highest BCUT2D eigenvalue weighted by molar-refractivity contribution is 7.88. The maximum atomic E-state index is 11.9. The van der Waals surface area contributed by atoms with Gasteiger partial charge >= 0.3 is 0 Å². The number of hydrogen-bond donors (Lipinski definition) is 2. The van der Waals surface area contributed by atoms with Crippen molar-refractivity contribution in [2.45, 2.75) is 18.2 Å². The fraction of sp³-hybridized carbons (Fsp3) is 0.455. The lowest BCUT2D eigenvalue weighted by atomic mass is 10.2. The lowest BCUT2D eigenvalue weighted by Gasteiger charge is -2.11. The van der Waals surface area contributed by atoms with Gasteiger partial charge in [0.1, 0.15) is 0 Å². The van der Waals surface area contributed by atoms with Crippen molar-refractivity contribution in [3.8, 4) is 0 Å². The molecule has 1 fully saturated rings. The van der Waals surface area contributed by atoms with Crippen molar-refractivity contribution >= 4 is 15.7 Å². The van der Waals surface area contributed by atoms with Crippen LogP contribution in [0.2, 0.25) is 0 Å². The predicted octanol–water partition coefficient (Wildman–Crippen LogP) is 0.376. The van der Waals surface area contributed by atoms with Gasteiger partial charge in [0.2, 0.25) is 10.0 Å². The van der Waals surface area contributed by atoms with Crippen LogP contribution in [0.3, 0.4) is 0 Å². The summed E-state index contributed by atoms with van der Waals surface area (Å²) in [5, 5.41) is 13.6. The summed E-state index contributed by atoms with van der Waals surface area (Å²) in [6, 6.07) is 5.47. The number of nitrogens with one attached hydrogen (secondary N) is 2. The van der Waals surface area contributed by atoms with Gasteiger partial charge in [0.05, 0.1) is 10.7 Å². The number of sulfonamides is 1. The van der Waals surface area contributed by atoms with Crippen molar-refractivity contribution in [3.05, 3.63) is 39.9 Å². The van der Waals surface area contributed by atoms with Crippen LogP contribution in [0.4, 0.5) is 5.69 Å². The number of nitro benzene ring substituents is 1. The van der Waals surface area contributed by atoms with Gasteiger partial charge in [-0.05, 0) is 18.5 Å². The normalized spacial score (nSPS) is 19.5. The molecular formula is C11H15N3O4S. The first-order chi connectivity index (χ1) is 8.96. The minimum absolute atomic E-state index is 0.0471. The Labute approximate surface area is 111 Å². The lowest BCUT2D eigenvalue weighted by Crippen LogP contribution is -2.36. The van der Waals surface area contributed by atoms with Crippen molar-refractivity contribution in [1.82, 2.24) is 10.0 Å². The molecule has 7 nitrogen and oxygen atoms in total. The zero-order valence-corrected chi connectivity index (χ0v) is 11.0. The maximum absolute atomic E-state index is 11.9. The van der Waals surface area contributed by atoms with Crippen molar-refractivity contribution in [2.75, 3.05) is 13.1 Å². The first-order valence-electron chi connectivity index (χ1n) is 5.90. The van der Waals surface area contributed by atoms with E-state index in [2.05, 4.69) is 10.0 Å². The number of nitro groups is 1. The highest BCUT2D eigenvalue weighted by Crippen LogP contribution is 2.14. The van der Waals surface area contributed by atoms with E-state index >= 15 is 0 Å². The van der Waals surface area contributed by atoms with Crippen LogP contribution in [0, 0.1) is 10.1 Å². The minimum Gasteiger partial charge on any atom is -0.315 e. The molecule has 1 heterocycles. The third kappa shape index (κ3) is 3.98. The van der Waals surface area contributed by atoms with Crippen LogP contribution in [0.25, 0.3) is 0 Å². The Kier molecular flexibility index (Phi) is 4.13. The Bertz CT molecular complexity index is 550. The molecule has 0 unspecified atom stereocenters. The number of non-ortho nitro benzene ring substituents is 1. The quantitative estimate of drug-likeness (QED) is 0.601. The van der Waals surface area contributed by atoms with Crippen molar-refractivity contribution in [2.24, 2.45) is 0 Å². The zero-order valence-electron chi connectivity index (χ0n) is 10.2. The molecule has 0 bridgehead atoms. The summed E-state index contributed by atoms with van der Waals surface area (Å²) in [4.78, 5) is 9.98. The van der Waals surface area contributed by atoms with Gasteiger partial charge in [-0.3, -0.25) is 10.1 Å². The number of benzene rings is 1. The molecular weight excluding hydrogens is 270 g/mol. The van der Waals surface area contributed by atoms with Gasteiger partial charge in [0, 0.05) is 24.7 Å². The number of rotatable bonds is 5. The summed E-state index contributed by atoms with van der Waals surface area (Å²) in [6.07, 6.45) is 0.777. The fourth-order valence-corrected chi connectivity index (χ4v) is 3.41. The lowest BCUT2D eigenvalue weighted by molar-refractivity contribution is -0.384. The van der Waals surface area contributed by atoms with Gasteiger partial charge in [-0.1, -0.05) is 12.1 Å². The minimum atomic E-state index is -3.41. The van der Waals surface area contributed by atoms with Gasteiger partial charge in [0.15, 0.2) is 0 Å². The van der Waals surface area contributed by atoms with E-state index in [1.54, 1.807) is 0 Å². The molecule has 1 aromatic carbocycles. The van der Waals surface area contributed by atoms with E-state index < -0.39 is 14.9 Å². The molecule has 0 radical (unpaired) electrons. The van der Waals surface area contributed by atoms with Gasteiger partial charge in [-0.25, -0.2) is 13.1 Å². The molecule has 0 aliphatic carbocycles. The van der Waals surface area contributed by atoms with E-state index in [0.717, 1.165) is 13.0 Å². The van der Waals surface area contributed by atoms with Crippen molar-refractivity contribution in [3.63, 3.8) is 0 Å². The Hall–Kier alpha value is -1.51. The summed E-state index contributed by atoms with van der Waals surface area (Å²) in [6.45, 7) is 1.45. The smallest absolute Gasteiger partial charge is 0.269 e. The van der Waals surface area contributed by atoms with E-state index in [-0.39, 0.29) is 17.5 Å². The largest absolute Gasteiger partial charge is 0.315 e. The van der Waals surface area contributed by atoms with E-state index in [1.165, 1.54) is 24.3 Å². The Balaban J connectivity index is 2.00. The predicted molar refractivity (Wildman–Crippen MR) is 70.1 cm³/mol. The van der Waals surface area contributed by atoms with Gasteiger partial charge in [-0.15, -0.1) is 0 Å². The summed E-state index contributed by atoms with van der Waals surface area (Å²) < 4.78 is 26.4. The van der Waals surface area contributed by atoms with Crippen LogP contribution in [0.15, 0.2) is 24.3 Å². The highest BCUT2D eigenvalue weighted by Gasteiger charge is 2.21. The molecule has 0 spiro atoms. The van der Waals surface area contributed by atoms with Gasteiger partial charge < -0.3 is 5.32 Å². The molecule has 8 heteroatoms. The molecule has 2 N–H and O–H groups in total. The van der Waals surface area contributed by atoms with E-state index in [9.17, 15) is 18.5 Å². The number of hydrogen-bond acceptors (Lipinski definition) is 5. The van der Waals surface area contributed by atoms with Crippen LogP contribution < -0.4 is 10.0 Å². The summed E-state index contributed by atoms with van der Waals surface area (Å²) >= 11 is 0. The topological polar surface area (TPSA) is 101 Å². The van der Waals surface area contributed by atoms with Crippen LogP contribution in [0.5, 0.6) is 0 Å². The third-order valence-corrected chi connectivity index (χ3v) is 4.32. The summed E-state index contributed by atoms with van der Waals surface area (Å²) in [5.74, 6) is -0.165. The maximum Gasteiger partial charge on any atom is 0.269 e. The fourth-order valence-electron chi connectivity index (χ4n) is 1.98. The molecule has 0 aromatic heterocycles. The SMILES string of the molecule is O=[N+]([O-])c1ccc(CS(=O)(=O)N[C@@H]2CCNC2)cc1. The molecule has 2 rings (SSSR count). The molecule has 1 aliphatic rings. The second-order valence-electron chi connectivity index (χ2n) is 4.49. The number of nitrogens with zero attached hydrogens (tertiary/aromatic N) is 1. The average Bonchev–Trinajstić information content (AvgIpc) is 2.81. The van der Waals surface area contributed by atoms with Crippen molar-refractivity contribution < 1.29 is 13.3 Å². The van der Waals surface area contributed by atoms with E-state index in [4.69, 9.17) is 0 Å². The molecule has 1 aromatic rings. The van der Waals surface area contributed by atoms with Gasteiger partial charge in [-0.2, -0.15) is 0 Å². The molecule has 0 amide bonds. The van der Waals surface area contributed by atoms with Gasteiger partial charge in [0.25, 0.3) is 5.69 Å². The second-order valence-corrected chi connectivity index (χ2v) is 6.24. The van der Waals surface area contributed by atoms with E-state index in [0.29, 0.717) is 12.1 Å². The van der Waals surface area contributed by atoms with E-state index in [1.807, 2.05) is 0 Å². The standard InChI is InChI=1S/C11H15N3O4S/c15-14(16)11-3-1-9(2-4-11)8-19(17,18)13-10-5-6-12-7-10/h1-4,10,12-13H,5-8H2/t10-/m1/s1. The highest BCUT2D eigenvalue weighted by atomic mass is 32.2.